The number of urea groups is 1. The summed E-state index contributed by atoms with van der Waals surface area (Å²) < 4.78 is 0. The lowest BCUT2D eigenvalue weighted by molar-refractivity contribution is 0.0708. The summed E-state index contributed by atoms with van der Waals surface area (Å²) in [5.74, 6) is 0.00589. The number of nitrogens with one attached hydrogen (secondary N) is 2. The molecule has 0 aromatic heterocycles. The van der Waals surface area contributed by atoms with Crippen molar-refractivity contribution in [2.24, 2.45) is 0 Å². The largest absolute Gasteiger partial charge is 0.338 e. The van der Waals surface area contributed by atoms with Crippen LogP contribution in [-0.4, -0.2) is 42.0 Å². The van der Waals surface area contributed by atoms with Crippen LogP contribution < -0.4 is 10.6 Å². The van der Waals surface area contributed by atoms with Gasteiger partial charge >= 0.3 is 6.03 Å². The van der Waals surface area contributed by atoms with E-state index in [9.17, 15) is 9.59 Å². The monoisotopic (exact) mass is 349 g/mol. The Labute approximate surface area is 147 Å². The fourth-order valence-electron chi connectivity index (χ4n) is 3.51. The molecule has 5 nitrogen and oxygen atoms in total. The maximum Gasteiger partial charge on any atom is 0.315 e. The van der Waals surface area contributed by atoms with Gasteiger partial charge in [-0.05, 0) is 43.9 Å². The van der Waals surface area contributed by atoms with Crippen molar-refractivity contribution < 1.29 is 9.59 Å². The van der Waals surface area contributed by atoms with Crippen LogP contribution in [0.1, 0.15) is 48.9 Å². The van der Waals surface area contributed by atoms with E-state index < -0.39 is 0 Å². The highest BCUT2D eigenvalue weighted by molar-refractivity contribution is 6.30. The Hall–Kier alpha value is -1.75. The van der Waals surface area contributed by atoms with Crippen LogP contribution in [0.5, 0.6) is 0 Å². The van der Waals surface area contributed by atoms with E-state index in [0.29, 0.717) is 29.7 Å². The molecule has 1 aliphatic heterocycles. The second-order valence-corrected chi connectivity index (χ2v) is 7.11. The average molecular weight is 350 g/mol. The van der Waals surface area contributed by atoms with Crippen molar-refractivity contribution in [3.63, 3.8) is 0 Å². The van der Waals surface area contributed by atoms with Gasteiger partial charge in [-0.1, -0.05) is 30.5 Å². The predicted molar refractivity (Wildman–Crippen MR) is 94.3 cm³/mol. The number of hydrogen-bond acceptors (Lipinski definition) is 2. The minimum absolute atomic E-state index is 0.00589. The molecule has 0 unspecified atom stereocenters. The van der Waals surface area contributed by atoms with Gasteiger partial charge in [0.15, 0.2) is 0 Å². The average Bonchev–Trinajstić information content (AvgIpc) is 3.07. The first-order valence-corrected chi connectivity index (χ1v) is 9.11. The normalized spacial score (nSPS) is 19.3. The van der Waals surface area contributed by atoms with Crippen LogP contribution in [0, 0.1) is 0 Å². The third-order valence-electron chi connectivity index (χ3n) is 4.88. The van der Waals surface area contributed by atoms with Crippen molar-refractivity contribution in [2.75, 3.05) is 13.1 Å². The molecule has 1 aromatic rings. The molecule has 0 atom stereocenters. The summed E-state index contributed by atoms with van der Waals surface area (Å²) >= 11 is 5.95. The molecule has 3 amide bonds. The van der Waals surface area contributed by atoms with Gasteiger partial charge in [0.05, 0.1) is 0 Å². The number of likely N-dealkylation sites (tertiary alicyclic amines) is 1. The Balaban J connectivity index is 1.45. The number of halogens is 1. The van der Waals surface area contributed by atoms with Crippen LogP contribution in [0.15, 0.2) is 24.3 Å². The van der Waals surface area contributed by atoms with E-state index in [4.69, 9.17) is 11.6 Å². The van der Waals surface area contributed by atoms with E-state index in [1.54, 1.807) is 24.3 Å². The molecular formula is C18H24ClN3O2. The summed E-state index contributed by atoms with van der Waals surface area (Å²) in [7, 11) is 0. The molecule has 1 heterocycles. The molecule has 0 radical (unpaired) electrons. The zero-order valence-corrected chi connectivity index (χ0v) is 14.5. The zero-order valence-electron chi connectivity index (χ0n) is 13.8. The number of benzene rings is 1. The molecule has 3 rings (SSSR count). The third-order valence-corrected chi connectivity index (χ3v) is 5.11. The fourth-order valence-corrected chi connectivity index (χ4v) is 3.70. The van der Waals surface area contributed by atoms with Gasteiger partial charge in [-0.15, -0.1) is 0 Å². The highest BCUT2D eigenvalue weighted by Crippen LogP contribution is 2.18. The van der Waals surface area contributed by atoms with Crippen LogP contribution in [0.4, 0.5) is 4.79 Å². The Morgan fingerprint density at radius 2 is 1.62 bits per heavy atom. The van der Waals surface area contributed by atoms with Crippen molar-refractivity contribution in [3.8, 4) is 0 Å². The van der Waals surface area contributed by atoms with Crippen LogP contribution in [-0.2, 0) is 0 Å². The first-order chi connectivity index (χ1) is 11.6. The number of carbonyl (C=O) groups excluding carboxylic acids is 2. The summed E-state index contributed by atoms with van der Waals surface area (Å²) in [5, 5.41) is 6.66. The molecule has 1 aromatic carbocycles. The van der Waals surface area contributed by atoms with E-state index >= 15 is 0 Å². The molecule has 2 fully saturated rings. The van der Waals surface area contributed by atoms with Crippen LogP contribution in [0.2, 0.25) is 5.02 Å². The summed E-state index contributed by atoms with van der Waals surface area (Å²) in [5.41, 5.74) is 0.618. The SMILES string of the molecule is O=C(NC1CCCC1)NC1CCN(C(=O)c2cccc(Cl)c2)CC1. The summed E-state index contributed by atoms with van der Waals surface area (Å²) in [6.07, 6.45) is 6.14. The maximum atomic E-state index is 12.5. The number of piperidine rings is 1. The van der Waals surface area contributed by atoms with Gasteiger partial charge in [-0.3, -0.25) is 4.79 Å². The van der Waals surface area contributed by atoms with Crippen molar-refractivity contribution in [2.45, 2.75) is 50.6 Å². The molecule has 2 aliphatic rings. The second kappa shape index (κ2) is 7.88. The van der Waals surface area contributed by atoms with Gasteiger partial charge in [-0.25, -0.2) is 4.79 Å². The van der Waals surface area contributed by atoms with Crippen molar-refractivity contribution in [1.29, 1.82) is 0 Å². The number of hydrogen-bond donors (Lipinski definition) is 2. The van der Waals surface area contributed by atoms with Crippen molar-refractivity contribution in [1.82, 2.24) is 15.5 Å². The minimum Gasteiger partial charge on any atom is -0.338 e. The van der Waals surface area contributed by atoms with Crippen molar-refractivity contribution >= 4 is 23.5 Å². The Kier molecular flexibility index (Phi) is 5.61. The smallest absolute Gasteiger partial charge is 0.315 e. The summed E-state index contributed by atoms with van der Waals surface area (Å²) in [6.45, 7) is 1.31. The van der Waals surface area contributed by atoms with Crippen LogP contribution >= 0.6 is 11.6 Å². The van der Waals surface area contributed by atoms with Gasteiger partial charge < -0.3 is 15.5 Å². The molecule has 24 heavy (non-hydrogen) atoms. The highest BCUT2D eigenvalue weighted by atomic mass is 35.5. The molecule has 0 bridgehead atoms. The molecule has 1 saturated heterocycles. The van der Waals surface area contributed by atoms with E-state index in [1.165, 1.54) is 12.8 Å². The first kappa shape index (κ1) is 17.1. The lowest BCUT2D eigenvalue weighted by Gasteiger charge is -2.32. The van der Waals surface area contributed by atoms with Gasteiger partial charge in [0.2, 0.25) is 0 Å². The Bertz CT molecular complexity index is 594. The van der Waals surface area contributed by atoms with E-state index in [2.05, 4.69) is 10.6 Å². The molecule has 2 N–H and O–H groups in total. The number of rotatable bonds is 3. The lowest BCUT2D eigenvalue weighted by atomic mass is 10.0. The fraction of sp³-hybridized carbons (Fsp3) is 0.556. The van der Waals surface area contributed by atoms with E-state index in [0.717, 1.165) is 25.7 Å². The van der Waals surface area contributed by atoms with E-state index in [-0.39, 0.29) is 18.0 Å². The number of nitrogens with zero attached hydrogens (tertiary/aromatic N) is 1. The topological polar surface area (TPSA) is 61.4 Å². The van der Waals surface area contributed by atoms with Crippen LogP contribution in [0.3, 0.4) is 0 Å². The van der Waals surface area contributed by atoms with Gasteiger partial charge in [0, 0.05) is 35.8 Å². The lowest BCUT2D eigenvalue weighted by Crippen LogP contribution is -2.50. The molecule has 1 aliphatic carbocycles. The molecule has 6 heteroatoms. The van der Waals surface area contributed by atoms with Crippen LogP contribution in [0.25, 0.3) is 0 Å². The predicted octanol–water partition coefficient (Wildman–Crippen LogP) is 3.19. The maximum absolute atomic E-state index is 12.5. The quantitative estimate of drug-likeness (QED) is 0.880. The first-order valence-electron chi connectivity index (χ1n) is 8.74. The summed E-state index contributed by atoms with van der Waals surface area (Å²) in [4.78, 5) is 26.3. The number of amides is 3. The zero-order chi connectivity index (χ0) is 16.9. The van der Waals surface area contributed by atoms with Crippen molar-refractivity contribution in [3.05, 3.63) is 34.9 Å². The molecule has 1 saturated carbocycles. The molecule has 0 spiro atoms. The molecular weight excluding hydrogens is 326 g/mol. The standard InChI is InChI=1S/C18H24ClN3O2/c19-14-5-3-4-13(12-14)17(23)22-10-8-16(9-11-22)21-18(24)20-15-6-1-2-7-15/h3-5,12,15-16H,1-2,6-11H2,(H2,20,21,24). The van der Waals surface area contributed by atoms with E-state index in [1.807, 2.05) is 4.90 Å². The Morgan fingerprint density at radius 3 is 2.25 bits per heavy atom. The van der Waals surface area contributed by atoms with Gasteiger partial charge in [0.1, 0.15) is 0 Å². The molecule has 130 valence electrons. The van der Waals surface area contributed by atoms with Gasteiger partial charge in [0.25, 0.3) is 5.91 Å². The highest BCUT2D eigenvalue weighted by Gasteiger charge is 2.25. The number of carbonyl (C=O) groups is 2. The third kappa shape index (κ3) is 4.41. The minimum atomic E-state index is -0.0680. The second-order valence-electron chi connectivity index (χ2n) is 6.68. The summed E-state index contributed by atoms with van der Waals surface area (Å²) in [6, 6.07) is 7.43. The Morgan fingerprint density at radius 1 is 1.00 bits per heavy atom. The van der Waals surface area contributed by atoms with Gasteiger partial charge in [-0.2, -0.15) is 0 Å².